The van der Waals surface area contributed by atoms with Crippen molar-refractivity contribution in [3.8, 4) is 0 Å². The highest BCUT2D eigenvalue weighted by molar-refractivity contribution is 5.03. The van der Waals surface area contributed by atoms with E-state index in [9.17, 15) is 0 Å². The molecule has 14 heavy (non-hydrogen) atoms. The van der Waals surface area contributed by atoms with Gasteiger partial charge >= 0.3 is 0 Å². The Kier molecular flexibility index (Phi) is 1.96. The number of rotatable bonds is 2. The number of hydrogen-bond acceptors (Lipinski definition) is 0. The van der Waals surface area contributed by atoms with Crippen LogP contribution in [-0.2, 0) is 0 Å². The summed E-state index contributed by atoms with van der Waals surface area (Å²) in [5.41, 5.74) is 5.14. The molecular formula is C13H24N+. The standard InChI is InChI=1S/C13H23N/c1-2-12(14)13-6-9-3-10(7-13)5-11(4-9)8-13/h9-12H,2-8,14H2,1H3/p+1/t9?,10?,11?,12-,13?/m1/s1. The Bertz CT molecular complexity index is 198. The van der Waals surface area contributed by atoms with Crippen molar-refractivity contribution in [2.24, 2.45) is 23.2 Å². The number of hydrogen-bond donors (Lipinski definition) is 1. The second-order valence-corrected chi connectivity index (χ2v) is 6.39. The molecule has 0 aromatic heterocycles. The predicted octanol–water partition coefficient (Wildman–Crippen LogP) is 2.22. The van der Waals surface area contributed by atoms with Crippen LogP contribution in [0.15, 0.2) is 0 Å². The van der Waals surface area contributed by atoms with Gasteiger partial charge in [0.15, 0.2) is 0 Å². The SMILES string of the molecule is CC[C@@H]([NH3+])C12CC3CC(CC(C3)C1)C2. The van der Waals surface area contributed by atoms with E-state index >= 15 is 0 Å². The van der Waals surface area contributed by atoms with E-state index in [1.165, 1.54) is 25.7 Å². The molecule has 0 amide bonds. The molecule has 0 saturated heterocycles. The molecule has 4 saturated carbocycles. The molecular weight excluding hydrogens is 170 g/mol. The van der Waals surface area contributed by atoms with Crippen molar-refractivity contribution in [1.82, 2.24) is 0 Å². The fraction of sp³-hybridized carbons (Fsp3) is 1.00. The lowest BCUT2D eigenvalue weighted by molar-refractivity contribution is -0.458. The first-order chi connectivity index (χ1) is 6.72. The average molecular weight is 194 g/mol. The largest absolute Gasteiger partial charge is 0.355 e. The lowest BCUT2D eigenvalue weighted by atomic mass is 9.47. The van der Waals surface area contributed by atoms with Crippen LogP contribution < -0.4 is 5.73 Å². The van der Waals surface area contributed by atoms with E-state index in [-0.39, 0.29) is 0 Å². The lowest BCUT2D eigenvalue weighted by Crippen LogP contribution is -2.71. The monoisotopic (exact) mass is 194 g/mol. The van der Waals surface area contributed by atoms with Crippen LogP contribution in [0.25, 0.3) is 0 Å². The summed E-state index contributed by atoms with van der Waals surface area (Å²) in [7, 11) is 0. The van der Waals surface area contributed by atoms with E-state index in [4.69, 9.17) is 0 Å². The maximum Gasteiger partial charge on any atom is 0.0898 e. The smallest absolute Gasteiger partial charge is 0.0898 e. The molecule has 4 fully saturated rings. The second-order valence-electron chi connectivity index (χ2n) is 6.39. The van der Waals surface area contributed by atoms with Crippen molar-refractivity contribution in [3.05, 3.63) is 0 Å². The molecule has 1 nitrogen and oxygen atoms in total. The molecule has 0 spiro atoms. The topological polar surface area (TPSA) is 27.6 Å². The molecule has 80 valence electrons. The number of quaternary nitrogens is 1. The summed E-state index contributed by atoms with van der Waals surface area (Å²) in [5.74, 6) is 3.28. The summed E-state index contributed by atoms with van der Waals surface area (Å²) in [4.78, 5) is 0. The van der Waals surface area contributed by atoms with Crippen LogP contribution in [0.5, 0.6) is 0 Å². The van der Waals surface area contributed by atoms with E-state index in [1.807, 2.05) is 0 Å². The molecule has 4 aliphatic carbocycles. The van der Waals surface area contributed by atoms with Gasteiger partial charge < -0.3 is 5.73 Å². The molecule has 0 aromatic rings. The first-order valence-electron chi connectivity index (χ1n) is 6.55. The van der Waals surface area contributed by atoms with E-state index in [2.05, 4.69) is 12.7 Å². The molecule has 3 N–H and O–H groups in total. The summed E-state index contributed by atoms with van der Waals surface area (Å²) < 4.78 is 0. The van der Waals surface area contributed by atoms with Crippen LogP contribution in [0, 0.1) is 23.2 Å². The zero-order valence-corrected chi connectivity index (χ0v) is 9.47. The van der Waals surface area contributed by atoms with Crippen molar-refractivity contribution < 1.29 is 5.73 Å². The van der Waals surface area contributed by atoms with Gasteiger partial charge in [0.25, 0.3) is 0 Å². The fourth-order valence-electron chi connectivity index (χ4n) is 5.11. The Hall–Kier alpha value is -0.0400. The van der Waals surface area contributed by atoms with E-state index < -0.39 is 0 Å². The van der Waals surface area contributed by atoms with Gasteiger partial charge in [-0.3, -0.25) is 0 Å². The van der Waals surface area contributed by atoms with Crippen LogP contribution in [0.4, 0.5) is 0 Å². The molecule has 1 atom stereocenters. The fourth-order valence-corrected chi connectivity index (χ4v) is 5.11. The summed E-state index contributed by atoms with van der Waals surface area (Å²) in [6, 6.07) is 0.746. The van der Waals surface area contributed by atoms with Crippen molar-refractivity contribution in [1.29, 1.82) is 0 Å². The molecule has 4 rings (SSSR count). The van der Waals surface area contributed by atoms with Crippen molar-refractivity contribution in [3.63, 3.8) is 0 Å². The Morgan fingerprint density at radius 3 is 1.86 bits per heavy atom. The summed E-state index contributed by atoms with van der Waals surface area (Å²) in [5, 5.41) is 0. The molecule has 0 aromatic carbocycles. The molecule has 0 radical (unpaired) electrons. The molecule has 4 aliphatic rings. The Labute approximate surface area is 87.4 Å². The third-order valence-corrected chi connectivity index (χ3v) is 5.44. The summed E-state index contributed by atoms with van der Waals surface area (Å²) in [6.07, 6.45) is 10.6. The van der Waals surface area contributed by atoms with Gasteiger partial charge in [-0.1, -0.05) is 6.92 Å². The minimum atomic E-state index is 0.698. The van der Waals surface area contributed by atoms with Crippen LogP contribution >= 0.6 is 0 Å². The minimum Gasteiger partial charge on any atom is -0.355 e. The van der Waals surface area contributed by atoms with Crippen LogP contribution in [0.1, 0.15) is 51.9 Å². The van der Waals surface area contributed by atoms with Crippen molar-refractivity contribution >= 4 is 0 Å². The van der Waals surface area contributed by atoms with Crippen LogP contribution in [-0.4, -0.2) is 6.04 Å². The quantitative estimate of drug-likeness (QED) is 0.698. The first-order valence-corrected chi connectivity index (χ1v) is 6.55. The zero-order valence-electron chi connectivity index (χ0n) is 9.47. The predicted molar refractivity (Wildman–Crippen MR) is 57.6 cm³/mol. The van der Waals surface area contributed by atoms with Gasteiger partial charge in [0.2, 0.25) is 0 Å². The molecule has 0 aliphatic heterocycles. The van der Waals surface area contributed by atoms with Gasteiger partial charge in [0.05, 0.1) is 6.04 Å². The Morgan fingerprint density at radius 1 is 1.07 bits per heavy atom. The van der Waals surface area contributed by atoms with Gasteiger partial charge in [0.1, 0.15) is 0 Å². The van der Waals surface area contributed by atoms with E-state index in [0.717, 1.165) is 23.8 Å². The lowest BCUT2D eigenvalue weighted by Gasteiger charge is -2.57. The molecule has 0 unspecified atom stereocenters. The van der Waals surface area contributed by atoms with Gasteiger partial charge in [-0.2, -0.15) is 0 Å². The molecule has 1 heteroatoms. The van der Waals surface area contributed by atoms with E-state index in [0.29, 0.717) is 5.41 Å². The molecule has 4 bridgehead atoms. The third kappa shape index (κ3) is 1.18. The normalized spacial score (nSPS) is 52.3. The van der Waals surface area contributed by atoms with Crippen LogP contribution in [0.2, 0.25) is 0 Å². The van der Waals surface area contributed by atoms with Crippen molar-refractivity contribution in [2.75, 3.05) is 0 Å². The highest BCUT2D eigenvalue weighted by atomic mass is 14.7. The summed E-state index contributed by atoms with van der Waals surface area (Å²) in [6.45, 7) is 2.33. The highest BCUT2D eigenvalue weighted by Crippen LogP contribution is 2.60. The van der Waals surface area contributed by atoms with E-state index in [1.54, 1.807) is 19.3 Å². The zero-order chi connectivity index (χ0) is 9.76. The van der Waals surface area contributed by atoms with Gasteiger partial charge in [0, 0.05) is 5.41 Å². The average Bonchev–Trinajstić information content (AvgIpc) is 2.14. The first kappa shape index (κ1) is 9.21. The maximum atomic E-state index is 4.45. The highest BCUT2D eigenvalue weighted by Gasteiger charge is 2.54. The Balaban J connectivity index is 1.87. The third-order valence-electron chi connectivity index (χ3n) is 5.44. The molecule has 0 heterocycles. The van der Waals surface area contributed by atoms with Gasteiger partial charge in [-0.15, -0.1) is 0 Å². The van der Waals surface area contributed by atoms with Crippen LogP contribution in [0.3, 0.4) is 0 Å². The summed E-state index contributed by atoms with van der Waals surface area (Å²) >= 11 is 0. The van der Waals surface area contributed by atoms with Gasteiger partial charge in [-0.05, 0) is 62.7 Å². The Morgan fingerprint density at radius 2 is 1.50 bits per heavy atom. The van der Waals surface area contributed by atoms with Gasteiger partial charge in [-0.25, -0.2) is 0 Å². The van der Waals surface area contributed by atoms with Crippen molar-refractivity contribution in [2.45, 2.75) is 57.9 Å². The maximum absolute atomic E-state index is 4.45. The second kappa shape index (κ2) is 2.98. The minimum absolute atomic E-state index is 0.698.